The molecule has 1 heterocycles. The van der Waals surface area contributed by atoms with Crippen LogP contribution in [-0.4, -0.2) is 43.2 Å². The van der Waals surface area contributed by atoms with E-state index in [9.17, 15) is 0 Å². The average Bonchev–Trinajstić information content (AvgIpc) is 2.56. The number of likely N-dealkylation sites (N-methyl/N-ethyl adjacent to an activating group) is 1. The summed E-state index contributed by atoms with van der Waals surface area (Å²) in [7, 11) is 0. The van der Waals surface area contributed by atoms with Gasteiger partial charge in [0, 0.05) is 18.6 Å². The Labute approximate surface area is 75.3 Å². The summed E-state index contributed by atoms with van der Waals surface area (Å²) in [4.78, 5) is 2.48. The summed E-state index contributed by atoms with van der Waals surface area (Å²) in [5, 5.41) is 3.39. The SMILES string of the molecule is CCN(CC)C1(CN)CCNC1. The van der Waals surface area contributed by atoms with E-state index in [1.807, 2.05) is 0 Å². The van der Waals surface area contributed by atoms with Gasteiger partial charge in [0.1, 0.15) is 0 Å². The average molecular weight is 171 g/mol. The lowest BCUT2D eigenvalue weighted by molar-refractivity contribution is 0.125. The molecule has 0 spiro atoms. The van der Waals surface area contributed by atoms with E-state index in [1.54, 1.807) is 0 Å². The Bertz CT molecular complexity index is 126. The summed E-state index contributed by atoms with van der Waals surface area (Å²) in [6, 6.07) is 0. The molecule has 3 N–H and O–H groups in total. The molecule has 1 aliphatic rings. The van der Waals surface area contributed by atoms with Crippen LogP contribution in [0, 0.1) is 0 Å². The van der Waals surface area contributed by atoms with Crippen LogP contribution in [0.1, 0.15) is 20.3 Å². The van der Waals surface area contributed by atoms with E-state index in [0.717, 1.165) is 32.7 Å². The molecule has 0 bridgehead atoms. The first-order chi connectivity index (χ1) is 5.79. The molecule has 12 heavy (non-hydrogen) atoms. The van der Waals surface area contributed by atoms with Crippen LogP contribution in [0.5, 0.6) is 0 Å². The third-order valence-corrected chi connectivity index (χ3v) is 3.04. The summed E-state index contributed by atoms with van der Waals surface area (Å²) in [5.74, 6) is 0. The predicted molar refractivity (Wildman–Crippen MR) is 52.2 cm³/mol. The molecule has 0 aliphatic carbocycles. The fraction of sp³-hybridized carbons (Fsp3) is 1.00. The zero-order chi connectivity index (χ0) is 9.03. The topological polar surface area (TPSA) is 41.3 Å². The minimum absolute atomic E-state index is 0.253. The molecule has 0 amide bonds. The number of nitrogens with two attached hydrogens (primary N) is 1. The summed E-state index contributed by atoms with van der Waals surface area (Å²) >= 11 is 0. The summed E-state index contributed by atoms with van der Waals surface area (Å²) in [6.07, 6.45) is 1.20. The van der Waals surface area contributed by atoms with Crippen LogP contribution in [0.25, 0.3) is 0 Å². The zero-order valence-corrected chi connectivity index (χ0v) is 8.27. The molecule has 1 unspecified atom stereocenters. The van der Waals surface area contributed by atoms with Crippen LogP contribution >= 0.6 is 0 Å². The maximum absolute atomic E-state index is 5.84. The van der Waals surface area contributed by atoms with Gasteiger partial charge in [-0.1, -0.05) is 13.8 Å². The summed E-state index contributed by atoms with van der Waals surface area (Å²) < 4.78 is 0. The fourth-order valence-corrected chi connectivity index (χ4v) is 2.20. The van der Waals surface area contributed by atoms with Gasteiger partial charge in [-0.2, -0.15) is 0 Å². The van der Waals surface area contributed by atoms with E-state index in [0.29, 0.717) is 0 Å². The van der Waals surface area contributed by atoms with Crippen molar-refractivity contribution in [1.82, 2.24) is 10.2 Å². The smallest absolute Gasteiger partial charge is 0.0467 e. The molecule has 1 saturated heterocycles. The second-order valence-corrected chi connectivity index (χ2v) is 3.53. The molecule has 1 aliphatic heterocycles. The van der Waals surface area contributed by atoms with Crippen LogP contribution in [0.3, 0.4) is 0 Å². The minimum Gasteiger partial charge on any atom is -0.329 e. The molecule has 0 saturated carbocycles. The first kappa shape index (κ1) is 9.96. The number of rotatable bonds is 4. The molecule has 0 radical (unpaired) electrons. The van der Waals surface area contributed by atoms with Crippen LogP contribution in [-0.2, 0) is 0 Å². The van der Waals surface area contributed by atoms with E-state index in [1.165, 1.54) is 6.42 Å². The zero-order valence-electron chi connectivity index (χ0n) is 8.27. The van der Waals surface area contributed by atoms with Crippen molar-refractivity contribution in [3.05, 3.63) is 0 Å². The second-order valence-electron chi connectivity index (χ2n) is 3.53. The van der Waals surface area contributed by atoms with Crippen molar-refractivity contribution in [2.24, 2.45) is 5.73 Å². The Morgan fingerprint density at radius 1 is 1.42 bits per heavy atom. The van der Waals surface area contributed by atoms with Gasteiger partial charge in [-0.3, -0.25) is 4.90 Å². The third kappa shape index (κ3) is 1.63. The van der Waals surface area contributed by atoms with Gasteiger partial charge in [-0.15, -0.1) is 0 Å². The summed E-state index contributed by atoms with van der Waals surface area (Å²) in [5.41, 5.74) is 6.09. The van der Waals surface area contributed by atoms with Crippen molar-refractivity contribution < 1.29 is 0 Å². The Kier molecular flexibility index (Phi) is 3.50. The molecule has 0 aromatic carbocycles. The van der Waals surface area contributed by atoms with Crippen molar-refractivity contribution in [3.8, 4) is 0 Å². The minimum atomic E-state index is 0.253. The van der Waals surface area contributed by atoms with Gasteiger partial charge >= 0.3 is 0 Å². The summed E-state index contributed by atoms with van der Waals surface area (Å²) in [6.45, 7) is 9.59. The Balaban J connectivity index is 2.63. The van der Waals surface area contributed by atoms with Crippen LogP contribution in [0.4, 0.5) is 0 Å². The third-order valence-electron chi connectivity index (χ3n) is 3.04. The van der Waals surface area contributed by atoms with Gasteiger partial charge in [0.2, 0.25) is 0 Å². The van der Waals surface area contributed by atoms with Crippen LogP contribution in [0.15, 0.2) is 0 Å². The molecule has 0 aromatic heterocycles. The van der Waals surface area contributed by atoms with Crippen molar-refractivity contribution >= 4 is 0 Å². The highest BCUT2D eigenvalue weighted by atomic mass is 15.2. The van der Waals surface area contributed by atoms with E-state index in [2.05, 4.69) is 24.1 Å². The molecule has 0 aromatic rings. The van der Waals surface area contributed by atoms with Crippen molar-refractivity contribution in [3.63, 3.8) is 0 Å². The van der Waals surface area contributed by atoms with E-state index in [4.69, 9.17) is 5.73 Å². The maximum atomic E-state index is 5.84. The van der Waals surface area contributed by atoms with Crippen molar-refractivity contribution in [2.75, 3.05) is 32.7 Å². The lowest BCUT2D eigenvalue weighted by atomic mass is 9.96. The molecular formula is C9H21N3. The molecule has 1 fully saturated rings. The number of nitrogens with zero attached hydrogens (tertiary/aromatic N) is 1. The Hall–Kier alpha value is -0.120. The quantitative estimate of drug-likeness (QED) is 0.626. The van der Waals surface area contributed by atoms with Gasteiger partial charge < -0.3 is 11.1 Å². The number of hydrogen-bond acceptors (Lipinski definition) is 3. The number of hydrogen-bond donors (Lipinski definition) is 2. The van der Waals surface area contributed by atoms with E-state index >= 15 is 0 Å². The highest BCUT2D eigenvalue weighted by Crippen LogP contribution is 2.21. The van der Waals surface area contributed by atoms with E-state index < -0.39 is 0 Å². The highest BCUT2D eigenvalue weighted by Gasteiger charge is 2.36. The lowest BCUT2D eigenvalue weighted by Gasteiger charge is -2.38. The molecule has 72 valence electrons. The normalized spacial score (nSPS) is 30.0. The molecule has 1 atom stereocenters. The Morgan fingerprint density at radius 3 is 2.42 bits per heavy atom. The lowest BCUT2D eigenvalue weighted by Crippen LogP contribution is -2.55. The van der Waals surface area contributed by atoms with Gasteiger partial charge in [0.25, 0.3) is 0 Å². The van der Waals surface area contributed by atoms with Gasteiger partial charge in [-0.05, 0) is 26.1 Å². The standard InChI is InChI=1S/C9H21N3/c1-3-12(4-2)9(7-10)5-6-11-8-9/h11H,3-8,10H2,1-2H3. The van der Waals surface area contributed by atoms with Gasteiger partial charge in [-0.25, -0.2) is 0 Å². The van der Waals surface area contributed by atoms with E-state index in [-0.39, 0.29) is 5.54 Å². The largest absolute Gasteiger partial charge is 0.329 e. The highest BCUT2D eigenvalue weighted by molar-refractivity contribution is 4.97. The van der Waals surface area contributed by atoms with Crippen molar-refractivity contribution in [2.45, 2.75) is 25.8 Å². The first-order valence-corrected chi connectivity index (χ1v) is 4.95. The number of nitrogens with one attached hydrogen (secondary N) is 1. The van der Waals surface area contributed by atoms with Crippen LogP contribution in [0.2, 0.25) is 0 Å². The van der Waals surface area contributed by atoms with Gasteiger partial charge in [0.15, 0.2) is 0 Å². The molecular weight excluding hydrogens is 150 g/mol. The van der Waals surface area contributed by atoms with Crippen LogP contribution < -0.4 is 11.1 Å². The molecule has 1 rings (SSSR count). The Morgan fingerprint density at radius 2 is 2.08 bits per heavy atom. The molecule has 3 heteroatoms. The second kappa shape index (κ2) is 4.21. The monoisotopic (exact) mass is 171 g/mol. The first-order valence-electron chi connectivity index (χ1n) is 4.95. The van der Waals surface area contributed by atoms with Crippen molar-refractivity contribution in [1.29, 1.82) is 0 Å². The maximum Gasteiger partial charge on any atom is 0.0467 e. The predicted octanol–water partition coefficient (Wildman–Crippen LogP) is 0.0190. The molecule has 3 nitrogen and oxygen atoms in total. The fourth-order valence-electron chi connectivity index (χ4n) is 2.20. The van der Waals surface area contributed by atoms with Gasteiger partial charge in [0.05, 0.1) is 0 Å².